The number of H-pyrrole nitrogens is 1. The number of rotatable bonds is 3. The monoisotopic (exact) mass is 313 g/mol. The summed E-state index contributed by atoms with van der Waals surface area (Å²) in [6, 6.07) is 6.96. The minimum absolute atomic E-state index is 0.00117. The van der Waals surface area contributed by atoms with Gasteiger partial charge in [0.05, 0.1) is 5.39 Å². The number of nitrogens with one attached hydrogen (secondary N) is 2. The number of aromatic nitrogens is 2. The second kappa shape index (κ2) is 5.45. The number of benzene rings is 1. The van der Waals surface area contributed by atoms with Gasteiger partial charge in [0.1, 0.15) is 0 Å². The summed E-state index contributed by atoms with van der Waals surface area (Å²) in [6.45, 7) is 0.103. The Morgan fingerprint density at radius 3 is 2.78 bits per heavy atom. The number of hydrogen-bond donors (Lipinski definition) is 3. The van der Waals surface area contributed by atoms with Crippen LogP contribution in [0.5, 0.6) is 0 Å². The lowest BCUT2D eigenvalue weighted by atomic mass is 9.85. The summed E-state index contributed by atoms with van der Waals surface area (Å²) in [5, 5.41) is 20.0. The molecule has 4 rings (SSSR count). The van der Waals surface area contributed by atoms with Gasteiger partial charge in [0.15, 0.2) is 5.69 Å². The highest BCUT2D eigenvalue weighted by atomic mass is 16.3. The van der Waals surface area contributed by atoms with Crippen molar-refractivity contribution < 1.29 is 9.90 Å². The van der Waals surface area contributed by atoms with Crippen LogP contribution in [-0.2, 0) is 0 Å². The Kier molecular flexibility index (Phi) is 3.41. The van der Waals surface area contributed by atoms with Crippen LogP contribution in [0.15, 0.2) is 29.1 Å². The maximum Gasteiger partial charge on any atom is 0.272 e. The molecule has 1 heterocycles. The van der Waals surface area contributed by atoms with E-state index in [4.69, 9.17) is 0 Å². The van der Waals surface area contributed by atoms with Crippen LogP contribution >= 0.6 is 0 Å². The number of carbonyl (C=O) groups is 1. The van der Waals surface area contributed by atoms with Gasteiger partial charge in [-0.15, -0.1) is 0 Å². The summed E-state index contributed by atoms with van der Waals surface area (Å²) in [6.07, 6.45) is 3.32. The van der Waals surface area contributed by atoms with E-state index in [0.717, 1.165) is 19.3 Å². The van der Waals surface area contributed by atoms with Gasteiger partial charge in [-0.25, -0.2) is 5.10 Å². The van der Waals surface area contributed by atoms with E-state index >= 15 is 0 Å². The van der Waals surface area contributed by atoms with E-state index in [-0.39, 0.29) is 35.7 Å². The van der Waals surface area contributed by atoms with Crippen LogP contribution in [0.1, 0.15) is 29.8 Å². The molecule has 1 amide bonds. The van der Waals surface area contributed by atoms with Crippen LogP contribution < -0.4 is 10.9 Å². The molecule has 2 aliphatic carbocycles. The first kappa shape index (κ1) is 14.4. The third-order valence-corrected chi connectivity index (χ3v) is 5.51. The number of aliphatic hydroxyl groups is 1. The standard InChI is InChI=1S/C17H19N3O3/c21-8-13-9-5-6-10(7-9)14(13)18-17(23)15-11-3-1-2-4-12(11)16(22)20-19-15/h1-4,9-10,13-14,21H,5-8H2,(H,18,23)(H,20,22). The summed E-state index contributed by atoms with van der Waals surface area (Å²) < 4.78 is 0. The zero-order valence-corrected chi connectivity index (χ0v) is 12.7. The Hall–Kier alpha value is -2.21. The Balaban J connectivity index is 1.65. The fourth-order valence-electron chi connectivity index (χ4n) is 4.41. The summed E-state index contributed by atoms with van der Waals surface area (Å²) in [7, 11) is 0. The SMILES string of the molecule is O=C(NC1C2CCC(C2)C1CO)c1n[nH]c(=O)c2ccccc12. The molecule has 120 valence electrons. The van der Waals surface area contributed by atoms with Crippen molar-refractivity contribution in [1.82, 2.24) is 15.5 Å². The van der Waals surface area contributed by atoms with Crippen LogP contribution in [0, 0.1) is 17.8 Å². The van der Waals surface area contributed by atoms with Crippen molar-refractivity contribution in [3.8, 4) is 0 Å². The van der Waals surface area contributed by atoms with Crippen molar-refractivity contribution >= 4 is 16.7 Å². The molecular formula is C17H19N3O3. The first-order valence-corrected chi connectivity index (χ1v) is 8.08. The highest BCUT2D eigenvalue weighted by Gasteiger charge is 2.47. The van der Waals surface area contributed by atoms with Gasteiger partial charge in [-0.1, -0.05) is 18.2 Å². The fourth-order valence-corrected chi connectivity index (χ4v) is 4.41. The summed E-state index contributed by atoms with van der Waals surface area (Å²) in [5.74, 6) is 0.797. The zero-order valence-electron chi connectivity index (χ0n) is 12.7. The van der Waals surface area contributed by atoms with Crippen molar-refractivity contribution in [2.45, 2.75) is 25.3 Å². The largest absolute Gasteiger partial charge is 0.396 e. The molecule has 0 saturated heterocycles. The number of carbonyl (C=O) groups excluding carboxylic acids is 1. The van der Waals surface area contributed by atoms with E-state index in [9.17, 15) is 14.7 Å². The number of nitrogens with zero attached hydrogens (tertiary/aromatic N) is 1. The van der Waals surface area contributed by atoms with Gasteiger partial charge in [0.25, 0.3) is 11.5 Å². The molecule has 23 heavy (non-hydrogen) atoms. The van der Waals surface area contributed by atoms with E-state index in [0.29, 0.717) is 22.6 Å². The van der Waals surface area contributed by atoms with Gasteiger partial charge in [0.2, 0.25) is 0 Å². The average molecular weight is 313 g/mol. The summed E-state index contributed by atoms with van der Waals surface area (Å²) >= 11 is 0. The Labute approximate surface area is 132 Å². The predicted octanol–water partition coefficient (Wildman–Crippen LogP) is 1.06. The predicted molar refractivity (Wildman–Crippen MR) is 85.0 cm³/mol. The van der Waals surface area contributed by atoms with Gasteiger partial charge in [-0.2, -0.15) is 5.10 Å². The molecule has 6 nitrogen and oxygen atoms in total. The molecule has 0 radical (unpaired) electrons. The lowest BCUT2D eigenvalue weighted by molar-refractivity contribution is 0.0857. The molecule has 4 atom stereocenters. The molecule has 2 fully saturated rings. The number of amides is 1. The molecule has 3 N–H and O–H groups in total. The molecule has 2 bridgehead atoms. The average Bonchev–Trinajstić information content (AvgIpc) is 3.16. The number of hydrogen-bond acceptors (Lipinski definition) is 4. The first-order chi connectivity index (χ1) is 11.2. The van der Waals surface area contributed by atoms with Gasteiger partial charge in [-0.3, -0.25) is 9.59 Å². The van der Waals surface area contributed by atoms with Crippen molar-refractivity contribution in [2.75, 3.05) is 6.61 Å². The van der Waals surface area contributed by atoms with E-state index < -0.39 is 0 Å². The van der Waals surface area contributed by atoms with Crippen molar-refractivity contribution in [1.29, 1.82) is 0 Å². The Morgan fingerprint density at radius 2 is 2.00 bits per heavy atom. The van der Waals surface area contributed by atoms with E-state index in [1.54, 1.807) is 24.3 Å². The zero-order chi connectivity index (χ0) is 16.0. The van der Waals surface area contributed by atoms with Crippen LogP contribution in [0.4, 0.5) is 0 Å². The number of fused-ring (bicyclic) bond motifs is 3. The quantitative estimate of drug-likeness (QED) is 0.789. The van der Waals surface area contributed by atoms with Gasteiger partial charge < -0.3 is 10.4 Å². The third kappa shape index (κ3) is 2.25. The van der Waals surface area contributed by atoms with Crippen LogP contribution in [-0.4, -0.2) is 33.9 Å². The lowest BCUT2D eigenvalue weighted by Crippen LogP contribution is -2.45. The second-order valence-electron chi connectivity index (χ2n) is 6.63. The highest BCUT2D eigenvalue weighted by Crippen LogP contribution is 2.48. The molecule has 1 aromatic carbocycles. The van der Waals surface area contributed by atoms with Crippen molar-refractivity contribution in [3.63, 3.8) is 0 Å². The van der Waals surface area contributed by atoms with Crippen molar-refractivity contribution in [3.05, 3.63) is 40.3 Å². The topological polar surface area (TPSA) is 95.1 Å². The minimum atomic E-state index is -0.301. The van der Waals surface area contributed by atoms with Crippen molar-refractivity contribution in [2.24, 2.45) is 17.8 Å². The molecule has 0 aliphatic heterocycles. The number of aromatic amines is 1. The Morgan fingerprint density at radius 1 is 1.26 bits per heavy atom. The first-order valence-electron chi connectivity index (χ1n) is 8.08. The van der Waals surface area contributed by atoms with E-state index in [1.165, 1.54) is 0 Å². The second-order valence-corrected chi connectivity index (χ2v) is 6.63. The van der Waals surface area contributed by atoms with E-state index in [2.05, 4.69) is 15.5 Å². The maximum atomic E-state index is 12.7. The Bertz CT molecular complexity index is 816. The molecule has 1 aromatic heterocycles. The van der Waals surface area contributed by atoms with Gasteiger partial charge in [-0.05, 0) is 37.2 Å². The maximum absolute atomic E-state index is 12.7. The fraction of sp³-hybridized carbons (Fsp3) is 0.471. The van der Waals surface area contributed by atoms with Crippen LogP contribution in [0.3, 0.4) is 0 Å². The molecule has 0 spiro atoms. The van der Waals surface area contributed by atoms with E-state index in [1.807, 2.05) is 0 Å². The number of aliphatic hydroxyl groups excluding tert-OH is 1. The molecule has 6 heteroatoms. The molecular weight excluding hydrogens is 294 g/mol. The minimum Gasteiger partial charge on any atom is -0.396 e. The van der Waals surface area contributed by atoms with Crippen LogP contribution in [0.2, 0.25) is 0 Å². The normalized spacial score (nSPS) is 29.1. The molecule has 4 unspecified atom stereocenters. The molecule has 2 aliphatic rings. The smallest absolute Gasteiger partial charge is 0.272 e. The summed E-state index contributed by atoms with van der Waals surface area (Å²) in [4.78, 5) is 24.5. The third-order valence-electron chi connectivity index (χ3n) is 5.51. The highest BCUT2D eigenvalue weighted by molar-refractivity contribution is 6.04. The molecule has 2 saturated carbocycles. The summed E-state index contributed by atoms with van der Waals surface area (Å²) in [5.41, 5.74) is -0.0648. The van der Waals surface area contributed by atoms with Gasteiger partial charge in [0, 0.05) is 24.0 Å². The van der Waals surface area contributed by atoms with Crippen LogP contribution in [0.25, 0.3) is 10.8 Å². The molecule has 2 aromatic rings. The lowest BCUT2D eigenvalue weighted by Gasteiger charge is -2.30. The van der Waals surface area contributed by atoms with Gasteiger partial charge >= 0.3 is 0 Å².